The monoisotopic (exact) mass is 520 g/mol. The van der Waals surface area contributed by atoms with Crippen LogP contribution in [0.25, 0.3) is 0 Å². The van der Waals surface area contributed by atoms with E-state index >= 15 is 0 Å². The number of allylic oxidation sites excluding steroid dienone is 1. The fourth-order valence-electron chi connectivity index (χ4n) is 5.24. The summed E-state index contributed by atoms with van der Waals surface area (Å²) >= 11 is 0. The molecule has 33 heavy (non-hydrogen) atoms. The van der Waals surface area contributed by atoms with Crippen molar-refractivity contribution in [1.29, 1.82) is 0 Å². The van der Waals surface area contributed by atoms with E-state index in [2.05, 4.69) is 125 Å². The van der Waals surface area contributed by atoms with Gasteiger partial charge in [-0.05, 0) is 56.3 Å². The molecule has 1 unspecified atom stereocenters. The van der Waals surface area contributed by atoms with E-state index in [4.69, 9.17) is 4.43 Å². The van der Waals surface area contributed by atoms with Crippen LogP contribution >= 0.6 is 0 Å². The second-order valence-corrected chi connectivity index (χ2v) is 32.7. The first-order valence-corrected chi connectivity index (χ1v) is 26.1. The predicted octanol–water partition coefficient (Wildman–Crippen LogP) is 7.57. The Morgan fingerprint density at radius 3 is 1.73 bits per heavy atom. The highest BCUT2D eigenvalue weighted by Gasteiger charge is 2.49. The van der Waals surface area contributed by atoms with Gasteiger partial charge in [0.2, 0.25) is 14.2 Å². The van der Waals surface area contributed by atoms with Gasteiger partial charge in [-0.2, -0.15) is 0 Å². The Morgan fingerprint density at radius 1 is 0.879 bits per heavy atom. The average molecular weight is 521 g/mol. The molecule has 1 aromatic carbocycles. The van der Waals surface area contributed by atoms with Crippen LogP contribution in [0.2, 0.25) is 78.6 Å². The Bertz CT molecular complexity index is 873. The molecule has 0 radical (unpaired) electrons. The van der Waals surface area contributed by atoms with E-state index in [1.807, 2.05) is 0 Å². The minimum absolute atomic E-state index is 0.222. The number of amides is 1. The molecule has 2 rings (SSSR count). The predicted molar refractivity (Wildman–Crippen MR) is 155 cm³/mol. The highest BCUT2D eigenvalue weighted by atomic mass is 28.4. The third-order valence-electron chi connectivity index (χ3n) is 6.16. The van der Waals surface area contributed by atoms with Gasteiger partial charge in [0.15, 0.2) is 14.1 Å². The molecule has 0 saturated carbocycles. The van der Waals surface area contributed by atoms with Crippen LogP contribution in [0.15, 0.2) is 36.2 Å². The van der Waals surface area contributed by atoms with Gasteiger partial charge in [-0.15, -0.1) is 0 Å². The molecule has 1 aromatic rings. The minimum atomic E-state index is -1.98. The molecule has 0 aromatic heterocycles. The van der Waals surface area contributed by atoms with Gasteiger partial charge in [-0.25, -0.2) is 0 Å². The maximum atomic E-state index is 14.2. The van der Waals surface area contributed by atoms with E-state index in [1.165, 1.54) is 5.69 Å². The summed E-state index contributed by atoms with van der Waals surface area (Å²) in [5.74, 6) is 1.03. The highest BCUT2D eigenvalue weighted by molar-refractivity contribution is 6.99. The minimum Gasteiger partial charge on any atom is -0.533 e. The molecule has 1 atom stereocenters. The molecule has 0 bridgehead atoms. The lowest BCUT2D eigenvalue weighted by atomic mass is 9.73. The van der Waals surface area contributed by atoms with Crippen LogP contribution in [0.4, 0.5) is 5.69 Å². The van der Waals surface area contributed by atoms with Crippen molar-refractivity contribution in [2.24, 2.45) is 0 Å². The zero-order valence-electron chi connectivity index (χ0n) is 23.5. The van der Waals surface area contributed by atoms with Crippen molar-refractivity contribution in [1.82, 2.24) is 4.57 Å². The van der Waals surface area contributed by atoms with E-state index in [-0.39, 0.29) is 5.91 Å². The van der Waals surface area contributed by atoms with E-state index < -0.39 is 38.4 Å². The van der Waals surface area contributed by atoms with Crippen molar-refractivity contribution in [2.75, 3.05) is 4.23 Å². The maximum Gasteiger partial charge on any atom is 0.244 e. The molecule has 0 spiro atoms. The van der Waals surface area contributed by atoms with Crippen LogP contribution in [0, 0.1) is 0 Å². The second-order valence-electron chi connectivity index (χ2n) is 13.4. The fraction of sp³-hybridized carbons (Fsp3) is 0.640. The molecule has 8 heteroatoms. The number of hydrogen-bond donors (Lipinski definition) is 0. The van der Waals surface area contributed by atoms with Crippen molar-refractivity contribution < 1.29 is 9.22 Å². The summed E-state index contributed by atoms with van der Waals surface area (Å²) in [7, 11) is -6.86. The molecular formula is C25H48N2O2Si4. The van der Waals surface area contributed by atoms with Crippen LogP contribution in [0.3, 0.4) is 0 Å². The van der Waals surface area contributed by atoms with Crippen molar-refractivity contribution in [3.8, 4) is 0 Å². The summed E-state index contributed by atoms with van der Waals surface area (Å²) in [5, 5.41) is 0. The number of rotatable bonds is 8. The molecule has 1 aliphatic heterocycles. The summed E-state index contributed by atoms with van der Waals surface area (Å²) in [5.41, 5.74) is 1.93. The largest absolute Gasteiger partial charge is 0.533 e. The quantitative estimate of drug-likeness (QED) is 0.331. The second kappa shape index (κ2) is 9.16. The van der Waals surface area contributed by atoms with Crippen molar-refractivity contribution in [3.63, 3.8) is 0 Å². The number of nitrogens with zero attached hydrogens (tertiary/aromatic N) is 2. The van der Waals surface area contributed by atoms with E-state index in [0.29, 0.717) is 6.42 Å². The number of benzene rings is 1. The van der Waals surface area contributed by atoms with E-state index in [9.17, 15) is 4.79 Å². The fourth-order valence-corrected chi connectivity index (χ4v) is 17.7. The summed E-state index contributed by atoms with van der Waals surface area (Å²) in [4.78, 5) is 14.2. The first-order chi connectivity index (χ1) is 14.7. The van der Waals surface area contributed by atoms with E-state index in [1.54, 1.807) is 0 Å². The third-order valence-corrected chi connectivity index (χ3v) is 16.0. The molecule has 1 aliphatic rings. The Balaban J connectivity index is 2.57. The van der Waals surface area contributed by atoms with Crippen LogP contribution < -0.4 is 4.23 Å². The van der Waals surface area contributed by atoms with Crippen molar-refractivity contribution >= 4 is 44.6 Å². The molecule has 186 valence electrons. The number of anilines is 1. The molecular weight excluding hydrogens is 473 g/mol. The Morgan fingerprint density at radius 2 is 1.36 bits per heavy atom. The van der Waals surface area contributed by atoms with E-state index in [0.717, 1.165) is 17.9 Å². The topological polar surface area (TPSA) is 32.8 Å². The molecule has 0 saturated heterocycles. The van der Waals surface area contributed by atoms with Crippen molar-refractivity contribution in [3.05, 3.63) is 41.8 Å². The smallest absolute Gasteiger partial charge is 0.244 e. The molecule has 0 N–H and O–H groups in total. The van der Waals surface area contributed by atoms with Gasteiger partial charge in [-0.3, -0.25) is 4.79 Å². The summed E-state index contributed by atoms with van der Waals surface area (Å²) in [6, 6.07) is 9.00. The van der Waals surface area contributed by atoms with Gasteiger partial charge < -0.3 is 13.2 Å². The van der Waals surface area contributed by atoms with Gasteiger partial charge in [0.1, 0.15) is 16.5 Å². The van der Waals surface area contributed by atoms with Crippen LogP contribution in [0.1, 0.15) is 25.3 Å². The SMILES string of the molecule is CCC1(c2ccc(N([Si](C)(C)C)[Si](C)(C)C)cc2)CC=C(O[Si](C)(C)C)N([Si](C)(C)C)C1=O. The Labute approximate surface area is 207 Å². The first-order valence-electron chi connectivity index (χ1n) is 12.4. The lowest BCUT2D eigenvalue weighted by Crippen LogP contribution is -2.60. The summed E-state index contributed by atoms with van der Waals surface area (Å²) in [6.07, 6.45) is 3.69. The third kappa shape index (κ3) is 6.13. The maximum absolute atomic E-state index is 14.2. The molecule has 1 heterocycles. The van der Waals surface area contributed by atoms with Gasteiger partial charge in [0.25, 0.3) is 0 Å². The van der Waals surface area contributed by atoms with Crippen LogP contribution in [-0.4, -0.2) is 43.5 Å². The standard InChI is InChI=1S/C25H48N2O2Si4/c1-14-25(20-19-23(29-33(11,12)13)26(24(25)28)30(2,3)4)21-15-17-22(18-16-21)27(31(5,6)7)32(8,9)10/h15-19H,14,20H2,1-13H3. The number of carbonyl (C=O) groups excluding carboxylic acids is 1. The number of hydrogen-bond acceptors (Lipinski definition) is 3. The van der Waals surface area contributed by atoms with Crippen LogP contribution in [0.5, 0.6) is 0 Å². The zero-order valence-corrected chi connectivity index (χ0v) is 27.5. The first kappa shape index (κ1) is 28.1. The molecule has 4 nitrogen and oxygen atoms in total. The lowest BCUT2D eigenvalue weighted by molar-refractivity contribution is -0.134. The summed E-state index contributed by atoms with van der Waals surface area (Å²) < 4.78 is 11.2. The normalized spacial score (nSPS) is 20.6. The lowest BCUT2D eigenvalue weighted by Gasteiger charge is -2.48. The summed E-state index contributed by atoms with van der Waals surface area (Å²) in [6.45, 7) is 30.0. The van der Waals surface area contributed by atoms with Crippen molar-refractivity contribution in [2.45, 2.75) is 104 Å². The Hall–Kier alpha value is -1.10. The highest BCUT2D eigenvalue weighted by Crippen LogP contribution is 2.42. The molecule has 1 amide bonds. The molecule has 0 aliphatic carbocycles. The Kier molecular flexibility index (Phi) is 7.81. The number of carbonyl (C=O) groups is 1. The van der Waals surface area contributed by atoms with Gasteiger partial charge in [0, 0.05) is 5.69 Å². The van der Waals surface area contributed by atoms with Gasteiger partial charge >= 0.3 is 0 Å². The van der Waals surface area contributed by atoms with Gasteiger partial charge in [0.05, 0.1) is 5.41 Å². The average Bonchev–Trinajstić information content (AvgIpc) is 2.58. The molecule has 0 fully saturated rings. The van der Waals surface area contributed by atoms with Gasteiger partial charge in [-0.1, -0.05) is 78.0 Å². The van der Waals surface area contributed by atoms with Crippen LogP contribution in [-0.2, 0) is 14.6 Å². The zero-order chi connectivity index (χ0) is 25.6.